The lowest BCUT2D eigenvalue weighted by molar-refractivity contribution is -0.139. The molecule has 0 aromatic heterocycles. The average Bonchev–Trinajstić information content (AvgIpc) is 2.39. The molecule has 0 aromatic rings. The number of nitrogens with two attached hydrogens (primary N) is 1. The first-order chi connectivity index (χ1) is 8.87. The van der Waals surface area contributed by atoms with Crippen molar-refractivity contribution in [2.75, 3.05) is 19.8 Å². The van der Waals surface area contributed by atoms with E-state index >= 15 is 0 Å². The summed E-state index contributed by atoms with van der Waals surface area (Å²) in [4.78, 5) is 20.2. The van der Waals surface area contributed by atoms with Gasteiger partial charge < -0.3 is 20.7 Å². The van der Waals surface area contributed by atoms with Crippen LogP contribution in [0.5, 0.6) is 0 Å². The van der Waals surface area contributed by atoms with Crippen molar-refractivity contribution in [1.82, 2.24) is 0 Å². The van der Waals surface area contributed by atoms with Gasteiger partial charge in [-0.1, -0.05) is 26.5 Å². The number of aliphatic hydroxyl groups is 2. The van der Waals surface area contributed by atoms with Crippen LogP contribution in [0.3, 0.4) is 0 Å². The normalized spacial score (nSPS) is 8.00. The van der Waals surface area contributed by atoms with Gasteiger partial charge >= 0.3 is 5.97 Å². The molecule has 19 heavy (non-hydrogen) atoms. The van der Waals surface area contributed by atoms with Crippen molar-refractivity contribution in [2.24, 2.45) is 5.73 Å². The Labute approximate surface area is 114 Å². The van der Waals surface area contributed by atoms with E-state index < -0.39 is 5.91 Å². The summed E-state index contributed by atoms with van der Waals surface area (Å²) in [7, 11) is 0. The number of hydrogen-bond donors (Lipinski definition) is 3. The smallest absolute Gasteiger partial charge is 0.333 e. The third kappa shape index (κ3) is 31.4. The zero-order valence-electron chi connectivity index (χ0n) is 11.7. The Bertz CT molecular complexity index is 262. The number of unbranched alkanes of at least 4 members (excludes halogenated alkanes) is 1. The van der Waals surface area contributed by atoms with Crippen LogP contribution in [0.2, 0.25) is 0 Å². The van der Waals surface area contributed by atoms with Gasteiger partial charge in [0, 0.05) is 5.57 Å². The Balaban J connectivity index is -0.000000238. The molecule has 0 unspecified atom stereocenters. The Hall–Kier alpha value is -1.66. The molecule has 0 aliphatic rings. The standard InChI is InChI=1S/C8H14O2.C3H5NO.C2H6O2/c1-4-5-6-10-8(9)7(2)3;1-2-3(4)5;3-1-2-4/h2,4-6H2,1,3H3;2H,1H2,(H2,4,5);3-4H,1-2H2. The molecule has 0 bridgehead atoms. The molecule has 0 radical (unpaired) electrons. The van der Waals surface area contributed by atoms with Gasteiger partial charge in [0.15, 0.2) is 0 Å². The molecule has 112 valence electrons. The lowest BCUT2D eigenvalue weighted by Gasteiger charge is -2.01. The second-order valence-corrected chi connectivity index (χ2v) is 3.32. The van der Waals surface area contributed by atoms with Gasteiger partial charge in [-0.2, -0.15) is 0 Å². The van der Waals surface area contributed by atoms with Crippen LogP contribution in [-0.4, -0.2) is 41.9 Å². The molecular weight excluding hydrogens is 250 g/mol. The number of amides is 1. The Morgan fingerprint density at radius 1 is 1.32 bits per heavy atom. The Morgan fingerprint density at radius 2 is 1.74 bits per heavy atom. The largest absolute Gasteiger partial charge is 0.462 e. The summed E-state index contributed by atoms with van der Waals surface area (Å²) in [6.07, 6.45) is 3.03. The van der Waals surface area contributed by atoms with E-state index in [2.05, 4.69) is 25.8 Å². The van der Waals surface area contributed by atoms with Crippen molar-refractivity contribution in [3.05, 3.63) is 24.8 Å². The first-order valence-electron chi connectivity index (χ1n) is 5.83. The van der Waals surface area contributed by atoms with Gasteiger partial charge in [-0.25, -0.2) is 4.79 Å². The highest BCUT2D eigenvalue weighted by Gasteiger charge is 2.00. The number of carbonyl (C=O) groups excluding carboxylic acids is 2. The lowest BCUT2D eigenvalue weighted by Crippen LogP contribution is -2.05. The summed E-state index contributed by atoms with van der Waals surface area (Å²) in [5.41, 5.74) is 5.00. The minimum absolute atomic E-state index is 0.125. The quantitative estimate of drug-likeness (QED) is 0.372. The van der Waals surface area contributed by atoms with Gasteiger partial charge in [0.05, 0.1) is 19.8 Å². The number of primary amides is 1. The fraction of sp³-hybridized carbons (Fsp3) is 0.538. The molecule has 0 fully saturated rings. The van der Waals surface area contributed by atoms with Crippen LogP contribution < -0.4 is 5.73 Å². The van der Waals surface area contributed by atoms with Crippen molar-refractivity contribution in [3.8, 4) is 0 Å². The van der Waals surface area contributed by atoms with E-state index in [9.17, 15) is 9.59 Å². The number of aliphatic hydroxyl groups excluding tert-OH is 2. The molecule has 0 saturated carbocycles. The molecule has 0 aromatic carbocycles. The van der Waals surface area contributed by atoms with Gasteiger partial charge in [-0.15, -0.1) is 0 Å². The Morgan fingerprint density at radius 3 is 1.95 bits per heavy atom. The fourth-order valence-corrected chi connectivity index (χ4v) is 0.432. The molecule has 0 aliphatic carbocycles. The Kier molecular flexibility index (Phi) is 22.2. The molecule has 6 nitrogen and oxygen atoms in total. The first-order valence-corrected chi connectivity index (χ1v) is 5.83. The molecular formula is C13H25NO5. The molecule has 0 atom stereocenters. The SMILES string of the molecule is C=C(C)C(=O)OCCCC.C=CC(N)=O.OCCO. The van der Waals surface area contributed by atoms with Crippen LogP contribution in [0.4, 0.5) is 0 Å². The van der Waals surface area contributed by atoms with E-state index in [-0.39, 0.29) is 19.2 Å². The summed E-state index contributed by atoms with van der Waals surface area (Å²) in [5, 5.41) is 15.2. The minimum atomic E-state index is -0.481. The summed E-state index contributed by atoms with van der Waals surface area (Å²) in [6, 6.07) is 0. The summed E-state index contributed by atoms with van der Waals surface area (Å²) >= 11 is 0. The molecule has 0 spiro atoms. The first kappa shape index (κ1) is 22.5. The van der Waals surface area contributed by atoms with E-state index in [0.717, 1.165) is 18.9 Å². The number of ether oxygens (including phenoxy) is 1. The monoisotopic (exact) mass is 275 g/mol. The molecule has 0 heterocycles. The van der Waals surface area contributed by atoms with E-state index in [0.29, 0.717) is 12.2 Å². The zero-order chi connectivity index (χ0) is 15.7. The van der Waals surface area contributed by atoms with Crippen molar-refractivity contribution in [2.45, 2.75) is 26.7 Å². The molecule has 0 saturated heterocycles. The van der Waals surface area contributed by atoms with Gasteiger partial charge in [-0.05, 0) is 19.4 Å². The van der Waals surface area contributed by atoms with Crippen LogP contribution in [-0.2, 0) is 14.3 Å². The molecule has 0 rings (SSSR count). The topological polar surface area (TPSA) is 110 Å². The average molecular weight is 275 g/mol. The highest BCUT2D eigenvalue weighted by Crippen LogP contribution is 1.94. The minimum Gasteiger partial charge on any atom is -0.462 e. The third-order valence-electron chi connectivity index (χ3n) is 1.38. The highest BCUT2D eigenvalue weighted by molar-refractivity contribution is 5.86. The van der Waals surface area contributed by atoms with Crippen LogP contribution in [0, 0.1) is 0 Å². The second-order valence-electron chi connectivity index (χ2n) is 3.32. The fourth-order valence-electron chi connectivity index (χ4n) is 0.432. The van der Waals surface area contributed by atoms with E-state index in [1.165, 1.54) is 0 Å². The third-order valence-corrected chi connectivity index (χ3v) is 1.38. The predicted molar refractivity (Wildman–Crippen MR) is 74.2 cm³/mol. The predicted octanol–water partition coefficient (Wildman–Crippen LogP) is 0.534. The van der Waals surface area contributed by atoms with Gasteiger partial charge in [0.1, 0.15) is 0 Å². The van der Waals surface area contributed by atoms with Crippen molar-refractivity contribution in [3.63, 3.8) is 0 Å². The molecule has 0 aliphatic heterocycles. The number of hydrogen-bond acceptors (Lipinski definition) is 5. The maximum absolute atomic E-state index is 10.7. The van der Waals surface area contributed by atoms with E-state index in [4.69, 9.17) is 14.9 Å². The maximum atomic E-state index is 10.7. The van der Waals surface area contributed by atoms with E-state index in [1.807, 2.05) is 0 Å². The van der Waals surface area contributed by atoms with Crippen LogP contribution >= 0.6 is 0 Å². The van der Waals surface area contributed by atoms with Crippen LogP contribution in [0.25, 0.3) is 0 Å². The summed E-state index contributed by atoms with van der Waals surface area (Å²) < 4.78 is 4.81. The zero-order valence-corrected chi connectivity index (χ0v) is 11.7. The van der Waals surface area contributed by atoms with Crippen molar-refractivity contribution < 1.29 is 24.5 Å². The second kappa shape index (κ2) is 18.7. The number of esters is 1. The molecule has 4 N–H and O–H groups in total. The molecule has 1 amide bonds. The van der Waals surface area contributed by atoms with Crippen LogP contribution in [0.15, 0.2) is 24.8 Å². The van der Waals surface area contributed by atoms with Crippen molar-refractivity contribution >= 4 is 11.9 Å². The number of carbonyl (C=O) groups is 2. The van der Waals surface area contributed by atoms with Gasteiger partial charge in [0.25, 0.3) is 0 Å². The summed E-state index contributed by atoms with van der Waals surface area (Å²) in [5.74, 6) is -0.765. The van der Waals surface area contributed by atoms with Crippen molar-refractivity contribution in [1.29, 1.82) is 0 Å². The van der Waals surface area contributed by atoms with Gasteiger partial charge in [0.2, 0.25) is 5.91 Å². The maximum Gasteiger partial charge on any atom is 0.333 e. The highest BCUT2D eigenvalue weighted by atomic mass is 16.5. The van der Waals surface area contributed by atoms with E-state index in [1.54, 1.807) is 6.92 Å². The number of rotatable bonds is 6. The van der Waals surface area contributed by atoms with Gasteiger partial charge in [-0.3, -0.25) is 4.79 Å². The lowest BCUT2D eigenvalue weighted by atomic mass is 10.3. The summed E-state index contributed by atoms with van der Waals surface area (Å²) in [6.45, 7) is 10.5. The van der Waals surface area contributed by atoms with Crippen LogP contribution in [0.1, 0.15) is 26.7 Å². The molecule has 6 heteroatoms.